The first-order valence-corrected chi connectivity index (χ1v) is 5.57. The maximum absolute atomic E-state index is 11.3. The van der Waals surface area contributed by atoms with Gasteiger partial charge in [-0.2, -0.15) is 0 Å². The molecule has 1 aromatic heterocycles. The second kappa shape index (κ2) is 4.15. The smallest absolute Gasteiger partial charge is 0.277 e. The van der Waals surface area contributed by atoms with Crippen molar-refractivity contribution in [2.24, 2.45) is 0 Å². The average Bonchev–Trinajstić information content (AvgIpc) is 2.82. The van der Waals surface area contributed by atoms with E-state index in [-0.39, 0.29) is 11.6 Å². The van der Waals surface area contributed by atoms with Crippen molar-refractivity contribution in [3.8, 4) is 11.6 Å². The molecule has 1 aliphatic rings. The molecule has 0 aliphatic carbocycles. The number of benzene rings is 1. The lowest BCUT2D eigenvalue weighted by Gasteiger charge is -2.07. The number of ether oxygens (including phenoxy) is 1. The maximum atomic E-state index is 11.3. The van der Waals surface area contributed by atoms with Crippen molar-refractivity contribution >= 4 is 5.69 Å². The number of nitrogens with two attached hydrogens (primary N) is 1. The lowest BCUT2D eigenvalue weighted by Crippen LogP contribution is -2.13. The first-order valence-electron chi connectivity index (χ1n) is 5.57. The number of aromatic amines is 1. The van der Waals surface area contributed by atoms with E-state index in [1.54, 1.807) is 0 Å². The van der Waals surface area contributed by atoms with Gasteiger partial charge in [0.15, 0.2) is 5.69 Å². The molecule has 1 aliphatic heterocycles. The molecule has 1 aromatic carbocycles. The highest BCUT2D eigenvalue weighted by Gasteiger charge is 2.12. The zero-order valence-electron chi connectivity index (χ0n) is 9.56. The summed E-state index contributed by atoms with van der Waals surface area (Å²) in [6.45, 7) is 1.70. The van der Waals surface area contributed by atoms with Crippen LogP contribution in [-0.2, 0) is 13.1 Å². The zero-order chi connectivity index (χ0) is 12.5. The number of H-pyrrole nitrogens is 1. The van der Waals surface area contributed by atoms with Crippen molar-refractivity contribution in [1.29, 1.82) is 0 Å². The third kappa shape index (κ3) is 1.82. The highest BCUT2D eigenvalue weighted by molar-refractivity contribution is 5.48. The van der Waals surface area contributed by atoms with Crippen molar-refractivity contribution in [3.05, 3.63) is 46.0 Å². The Hall–Kier alpha value is -2.34. The SMILES string of the molecule is Nc1c(Oc2ccc3c(c2)CNC3)nc[nH]c1=O. The van der Waals surface area contributed by atoms with E-state index in [9.17, 15) is 4.79 Å². The number of fused-ring (bicyclic) bond motifs is 1. The molecule has 6 nitrogen and oxygen atoms in total. The summed E-state index contributed by atoms with van der Waals surface area (Å²) in [4.78, 5) is 17.6. The molecule has 2 heterocycles. The van der Waals surface area contributed by atoms with Crippen LogP contribution < -0.4 is 21.3 Å². The van der Waals surface area contributed by atoms with E-state index in [1.807, 2.05) is 18.2 Å². The lowest BCUT2D eigenvalue weighted by atomic mass is 10.1. The molecule has 0 amide bonds. The quantitative estimate of drug-likeness (QED) is 0.724. The molecule has 0 fully saturated rings. The molecule has 2 aromatic rings. The predicted octanol–water partition coefficient (Wildman–Crippen LogP) is 0.748. The molecule has 0 saturated carbocycles. The van der Waals surface area contributed by atoms with Crippen molar-refractivity contribution in [1.82, 2.24) is 15.3 Å². The van der Waals surface area contributed by atoms with Gasteiger partial charge >= 0.3 is 0 Å². The van der Waals surface area contributed by atoms with E-state index in [1.165, 1.54) is 17.5 Å². The predicted molar refractivity (Wildman–Crippen MR) is 66.3 cm³/mol. The van der Waals surface area contributed by atoms with Gasteiger partial charge in [0.05, 0.1) is 6.33 Å². The van der Waals surface area contributed by atoms with Crippen LogP contribution in [0.4, 0.5) is 5.69 Å². The Labute approximate surface area is 103 Å². The topological polar surface area (TPSA) is 93.0 Å². The van der Waals surface area contributed by atoms with Crippen molar-refractivity contribution in [2.45, 2.75) is 13.1 Å². The maximum Gasteiger partial charge on any atom is 0.277 e. The Morgan fingerprint density at radius 3 is 3.00 bits per heavy atom. The monoisotopic (exact) mass is 244 g/mol. The fraction of sp³-hybridized carbons (Fsp3) is 0.167. The van der Waals surface area contributed by atoms with Crippen LogP contribution in [0.15, 0.2) is 29.3 Å². The van der Waals surface area contributed by atoms with Crippen LogP contribution in [0.25, 0.3) is 0 Å². The summed E-state index contributed by atoms with van der Waals surface area (Å²) in [6.07, 6.45) is 1.27. The molecule has 0 spiro atoms. The van der Waals surface area contributed by atoms with Crippen LogP contribution in [-0.4, -0.2) is 9.97 Å². The van der Waals surface area contributed by atoms with Gasteiger partial charge in [-0.15, -0.1) is 0 Å². The van der Waals surface area contributed by atoms with Crippen LogP contribution in [0.3, 0.4) is 0 Å². The summed E-state index contributed by atoms with van der Waals surface area (Å²) in [5.41, 5.74) is 7.63. The van der Waals surface area contributed by atoms with E-state index in [0.717, 1.165) is 13.1 Å². The summed E-state index contributed by atoms with van der Waals surface area (Å²) in [6, 6.07) is 5.76. The number of hydrogen-bond acceptors (Lipinski definition) is 5. The molecule has 18 heavy (non-hydrogen) atoms. The van der Waals surface area contributed by atoms with Gasteiger partial charge in [-0.1, -0.05) is 6.07 Å². The molecular weight excluding hydrogens is 232 g/mol. The first kappa shape index (κ1) is 10.8. The molecule has 4 N–H and O–H groups in total. The summed E-state index contributed by atoms with van der Waals surface area (Å²) in [7, 11) is 0. The van der Waals surface area contributed by atoms with Gasteiger partial charge in [0, 0.05) is 13.1 Å². The van der Waals surface area contributed by atoms with Gasteiger partial charge in [0.25, 0.3) is 5.56 Å². The highest BCUT2D eigenvalue weighted by Crippen LogP contribution is 2.26. The van der Waals surface area contributed by atoms with Crippen LogP contribution >= 0.6 is 0 Å². The number of nitrogen functional groups attached to an aromatic ring is 1. The van der Waals surface area contributed by atoms with Gasteiger partial charge in [-0.3, -0.25) is 4.79 Å². The third-order valence-corrected chi connectivity index (χ3v) is 2.88. The standard InChI is InChI=1S/C12H12N4O2/c13-10-11(17)15-6-16-12(10)18-9-2-1-7-4-14-5-8(7)3-9/h1-3,6,14H,4-5,13H2,(H,15,16,17). The van der Waals surface area contributed by atoms with Crippen LogP contribution in [0, 0.1) is 0 Å². The largest absolute Gasteiger partial charge is 0.437 e. The number of aromatic nitrogens is 2. The fourth-order valence-corrected chi connectivity index (χ4v) is 1.92. The Morgan fingerprint density at radius 2 is 2.11 bits per heavy atom. The van der Waals surface area contributed by atoms with Crippen molar-refractivity contribution in [2.75, 3.05) is 5.73 Å². The number of nitrogens with one attached hydrogen (secondary N) is 2. The van der Waals surface area contributed by atoms with Crippen molar-refractivity contribution in [3.63, 3.8) is 0 Å². The number of nitrogens with zero attached hydrogens (tertiary/aromatic N) is 1. The summed E-state index contributed by atoms with van der Waals surface area (Å²) >= 11 is 0. The van der Waals surface area contributed by atoms with E-state index in [0.29, 0.717) is 5.75 Å². The molecule has 0 bridgehead atoms. The van der Waals surface area contributed by atoms with Gasteiger partial charge < -0.3 is 20.8 Å². The van der Waals surface area contributed by atoms with E-state index >= 15 is 0 Å². The Kier molecular flexibility index (Phi) is 2.49. The summed E-state index contributed by atoms with van der Waals surface area (Å²) in [5, 5.41) is 3.25. The lowest BCUT2D eigenvalue weighted by molar-refractivity contribution is 0.463. The van der Waals surface area contributed by atoms with Crippen molar-refractivity contribution < 1.29 is 4.74 Å². The Bertz CT molecular complexity index is 651. The highest BCUT2D eigenvalue weighted by atomic mass is 16.5. The fourth-order valence-electron chi connectivity index (χ4n) is 1.92. The summed E-state index contributed by atoms with van der Waals surface area (Å²) in [5.74, 6) is 0.756. The van der Waals surface area contributed by atoms with Gasteiger partial charge in [0.2, 0.25) is 5.88 Å². The average molecular weight is 244 g/mol. The van der Waals surface area contributed by atoms with Gasteiger partial charge in [-0.25, -0.2) is 4.98 Å². The van der Waals surface area contributed by atoms with E-state index < -0.39 is 5.56 Å². The van der Waals surface area contributed by atoms with Gasteiger partial charge in [0.1, 0.15) is 5.75 Å². The molecule has 92 valence electrons. The molecule has 3 rings (SSSR count). The van der Waals surface area contributed by atoms with Crippen LogP contribution in [0.1, 0.15) is 11.1 Å². The minimum absolute atomic E-state index is 0.0175. The van der Waals surface area contributed by atoms with Crippen LogP contribution in [0.2, 0.25) is 0 Å². The Balaban J connectivity index is 1.93. The molecule has 0 unspecified atom stereocenters. The first-order chi connectivity index (χ1) is 8.74. The molecule has 6 heteroatoms. The minimum Gasteiger partial charge on any atom is -0.437 e. The zero-order valence-corrected chi connectivity index (χ0v) is 9.56. The second-order valence-corrected chi connectivity index (χ2v) is 4.09. The Morgan fingerprint density at radius 1 is 1.28 bits per heavy atom. The second-order valence-electron chi connectivity index (χ2n) is 4.09. The number of hydrogen-bond donors (Lipinski definition) is 3. The molecule has 0 radical (unpaired) electrons. The molecular formula is C12H12N4O2. The normalized spacial score (nSPS) is 13.3. The van der Waals surface area contributed by atoms with E-state index in [4.69, 9.17) is 10.5 Å². The van der Waals surface area contributed by atoms with Gasteiger partial charge in [-0.05, 0) is 23.3 Å². The van der Waals surface area contributed by atoms with Crippen LogP contribution in [0.5, 0.6) is 11.6 Å². The molecule has 0 atom stereocenters. The minimum atomic E-state index is -0.400. The number of anilines is 1. The number of rotatable bonds is 2. The third-order valence-electron chi connectivity index (χ3n) is 2.88. The summed E-state index contributed by atoms with van der Waals surface area (Å²) < 4.78 is 5.53. The van der Waals surface area contributed by atoms with E-state index in [2.05, 4.69) is 15.3 Å². The molecule has 0 saturated heterocycles.